The van der Waals surface area contributed by atoms with Crippen molar-refractivity contribution < 1.29 is 4.79 Å². The molecule has 0 aliphatic rings. The summed E-state index contributed by atoms with van der Waals surface area (Å²) in [6, 6.07) is 9.63. The number of hydrogen-bond acceptors (Lipinski definition) is 3. The minimum absolute atomic E-state index is 0.202. The van der Waals surface area contributed by atoms with Crippen LogP contribution in [0.1, 0.15) is 43.1 Å². The van der Waals surface area contributed by atoms with E-state index in [9.17, 15) is 9.59 Å². The SMILES string of the molecule is CCCn1nc(-c2ccc(CC)cc2)cc(C(C)=O)c1=O. The van der Waals surface area contributed by atoms with Crippen molar-refractivity contribution in [2.45, 2.75) is 40.2 Å². The van der Waals surface area contributed by atoms with Gasteiger partial charge in [-0.15, -0.1) is 0 Å². The van der Waals surface area contributed by atoms with Gasteiger partial charge in [0.2, 0.25) is 0 Å². The maximum atomic E-state index is 12.2. The van der Waals surface area contributed by atoms with E-state index < -0.39 is 0 Å². The molecule has 0 saturated heterocycles. The highest BCUT2D eigenvalue weighted by Crippen LogP contribution is 2.18. The molecule has 0 saturated carbocycles. The number of carbonyl (C=O) groups is 1. The predicted octanol–water partition coefficient (Wildman–Crippen LogP) is 3.09. The van der Waals surface area contributed by atoms with Gasteiger partial charge in [-0.25, -0.2) is 4.68 Å². The molecule has 0 N–H and O–H groups in total. The molecule has 1 heterocycles. The highest BCUT2D eigenvalue weighted by Gasteiger charge is 2.12. The summed E-state index contributed by atoms with van der Waals surface area (Å²) >= 11 is 0. The van der Waals surface area contributed by atoms with Crippen molar-refractivity contribution in [3.63, 3.8) is 0 Å². The topological polar surface area (TPSA) is 52.0 Å². The summed E-state index contributed by atoms with van der Waals surface area (Å²) in [4.78, 5) is 23.8. The molecule has 0 amide bonds. The Morgan fingerprint density at radius 2 is 1.86 bits per heavy atom. The summed E-state index contributed by atoms with van der Waals surface area (Å²) in [5.41, 5.74) is 2.72. The quantitative estimate of drug-likeness (QED) is 0.793. The van der Waals surface area contributed by atoms with E-state index >= 15 is 0 Å². The average Bonchev–Trinajstić information content (AvgIpc) is 2.49. The van der Waals surface area contributed by atoms with E-state index in [4.69, 9.17) is 0 Å². The Bertz CT molecular complexity index is 700. The first-order chi connectivity index (χ1) is 10.1. The molecule has 110 valence electrons. The second-order valence-electron chi connectivity index (χ2n) is 5.08. The summed E-state index contributed by atoms with van der Waals surface area (Å²) in [5.74, 6) is -0.223. The third-order valence-corrected chi connectivity index (χ3v) is 3.45. The van der Waals surface area contributed by atoms with Crippen LogP contribution >= 0.6 is 0 Å². The van der Waals surface area contributed by atoms with Gasteiger partial charge in [0.05, 0.1) is 11.3 Å². The number of carbonyl (C=O) groups excluding carboxylic acids is 1. The van der Waals surface area contributed by atoms with Crippen LogP contribution < -0.4 is 5.56 Å². The highest BCUT2D eigenvalue weighted by molar-refractivity contribution is 5.94. The van der Waals surface area contributed by atoms with Crippen LogP contribution in [0.3, 0.4) is 0 Å². The molecule has 1 aromatic heterocycles. The third kappa shape index (κ3) is 3.27. The standard InChI is InChI=1S/C17H20N2O2/c1-4-10-19-17(21)15(12(3)20)11-16(18-19)14-8-6-13(5-2)7-9-14/h6-9,11H,4-5,10H2,1-3H3. The molecule has 0 aliphatic heterocycles. The van der Waals surface area contributed by atoms with Crippen LogP contribution in [0, 0.1) is 0 Å². The minimum atomic E-state index is -0.307. The summed E-state index contributed by atoms with van der Waals surface area (Å²) < 4.78 is 1.39. The van der Waals surface area contributed by atoms with Crippen molar-refractivity contribution in [2.24, 2.45) is 0 Å². The number of aromatic nitrogens is 2. The van der Waals surface area contributed by atoms with Gasteiger partial charge in [-0.05, 0) is 31.4 Å². The number of ketones is 1. The fourth-order valence-corrected chi connectivity index (χ4v) is 2.21. The highest BCUT2D eigenvalue weighted by atomic mass is 16.1. The first-order valence-corrected chi connectivity index (χ1v) is 7.29. The number of benzene rings is 1. The number of nitrogens with zero attached hydrogens (tertiary/aromatic N) is 2. The number of aryl methyl sites for hydroxylation is 2. The number of hydrogen-bond donors (Lipinski definition) is 0. The fourth-order valence-electron chi connectivity index (χ4n) is 2.21. The summed E-state index contributed by atoms with van der Waals surface area (Å²) in [5, 5.41) is 4.38. The van der Waals surface area contributed by atoms with Crippen LogP contribution in [-0.4, -0.2) is 15.6 Å². The van der Waals surface area contributed by atoms with Gasteiger partial charge in [-0.2, -0.15) is 5.10 Å². The van der Waals surface area contributed by atoms with E-state index in [1.807, 2.05) is 31.2 Å². The van der Waals surface area contributed by atoms with E-state index in [-0.39, 0.29) is 16.9 Å². The molecule has 0 fully saturated rings. The van der Waals surface area contributed by atoms with Crippen molar-refractivity contribution in [3.05, 3.63) is 51.8 Å². The van der Waals surface area contributed by atoms with E-state index in [1.165, 1.54) is 17.2 Å². The second-order valence-corrected chi connectivity index (χ2v) is 5.08. The molecule has 0 spiro atoms. The van der Waals surface area contributed by atoms with Crippen LogP contribution in [-0.2, 0) is 13.0 Å². The Kier molecular flexibility index (Phi) is 4.68. The molecule has 0 radical (unpaired) electrons. The summed E-state index contributed by atoms with van der Waals surface area (Å²) in [6.07, 6.45) is 1.77. The van der Waals surface area contributed by atoms with E-state index in [2.05, 4.69) is 12.0 Å². The Labute approximate surface area is 124 Å². The van der Waals surface area contributed by atoms with Crippen molar-refractivity contribution in [1.82, 2.24) is 9.78 Å². The smallest absolute Gasteiger partial charge is 0.277 e. The molecule has 2 aromatic rings. The van der Waals surface area contributed by atoms with Crippen LogP contribution in [0.25, 0.3) is 11.3 Å². The lowest BCUT2D eigenvalue weighted by Gasteiger charge is -2.09. The van der Waals surface area contributed by atoms with Crippen molar-refractivity contribution in [1.29, 1.82) is 0 Å². The zero-order chi connectivity index (χ0) is 15.4. The zero-order valence-corrected chi connectivity index (χ0v) is 12.7. The lowest BCUT2D eigenvalue weighted by atomic mass is 10.1. The van der Waals surface area contributed by atoms with E-state index in [0.717, 1.165) is 18.4 Å². The molecule has 2 rings (SSSR count). The van der Waals surface area contributed by atoms with Crippen molar-refractivity contribution >= 4 is 5.78 Å². The molecule has 4 nitrogen and oxygen atoms in total. The van der Waals surface area contributed by atoms with Gasteiger partial charge in [0.25, 0.3) is 5.56 Å². The average molecular weight is 284 g/mol. The normalized spacial score (nSPS) is 10.6. The lowest BCUT2D eigenvalue weighted by molar-refractivity contribution is 0.101. The molecule has 21 heavy (non-hydrogen) atoms. The molecule has 0 aliphatic carbocycles. The molecule has 0 atom stereocenters. The Hall–Kier alpha value is -2.23. The molecule has 1 aromatic carbocycles. The number of Topliss-reactive ketones (excluding diaryl/α,β-unsaturated/α-hetero) is 1. The van der Waals surface area contributed by atoms with Crippen LogP contribution in [0.15, 0.2) is 35.1 Å². The van der Waals surface area contributed by atoms with Crippen molar-refractivity contribution in [3.8, 4) is 11.3 Å². The predicted molar refractivity (Wildman–Crippen MR) is 83.6 cm³/mol. The maximum absolute atomic E-state index is 12.2. The number of rotatable bonds is 5. The van der Waals surface area contributed by atoms with Gasteiger partial charge in [-0.1, -0.05) is 38.1 Å². The monoisotopic (exact) mass is 284 g/mol. The van der Waals surface area contributed by atoms with Crippen LogP contribution in [0.2, 0.25) is 0 Å². The fraction of sp³-hybridized carbons (Fsp3) is 0.353. The van der Waals surface area contributed by atoms with E-state index in [0.29, 0.717) is 12.2 Å². The molecule has 0 unspecified atom stereocenters. The van der Waals surface area contributed by atoms with E-state index in [1.54, 1.807) is 6.07 Å². The van der Waals surface area contributed by atoms with Crippen molar-refractivity contribution in [2.75, 3.05) is 0 Å². The van der Waals surface area contributed by atoms with Gasteiger partial charge in [0.1, 0.15) is 0 Å². The maximum Gasteiger partial charge on any atom is 0.277 e. The first kappa shape index (κ1) is 15.2. The second kappa shape index (κ2) is 6.48. The van der Waals surface area contributed by atoms with Gasteiger partial charge >= 0.3 is 0 Å². The molecular weight excluding hydrogens is 264 g/mol. The van der Waals surface area contributed by atoms with Crippen LogP contribution in [0.5, 0.6) is 0 Å². The van der Waals surface area contributed by atoms with Gasteiger partial charge in [0, 0.05) is 12.1 Å². The van der Waals surface area contributed by atoms with Gasteiger partial charge in [-0.3, -0.25) is 9.59 Å². The van der Waals surface area contributed by atoms with Gasteiger partial charge in [0.15, 0.2) is 5.78 Å². The van der Waals surface area contributed by atoms with Gasteiger partial charge < -0.3 is 0 Å². The Morgan fingerprint density at radius 3 is 2.38 bits per heavy atom. The molecule has 0 bridgehead atoms. The Balaban J connectivity index is 2.56. The zero-order valence-electron chi connectivity index (χ0n) is 12.7. The Morgan fingerprint density at radius 1 is 1.19 bits per heavy atom. The third-order valence-electron chi connectivity index (χ3n) is 3.45. The van der Waals surface area contributed by atoms with Crippen LogP contribution in [0.4, 0.5) is 0 Å². The summed E-state index contributed by atoms with van der Waals surface area (Å²) in [7, 11) is 0. The lowest BCUT2D eigenvalue weighted by Crippen LogP contribution is -2.28. The first-order valence-electron chi connectivity index (χ1n) is 7.29. The molecule has 4 heteroatoms. The summed E-state index contributed by atoms with van der Waals surface area (Å²) in [6.45, 7) is 6.00. The largest absolute Gasteiger partial charge is 0.294 e. The molecular formula is C17H20N2O2. The minimum Gasteiger partial charge on any atom is -0.294 e.